The van der Waals surface area contributed by atoms with Crippen molar-refractivity contribution in [3.05, 3.63) is 97.1 Å². The minimum absolute atomic E-state index is 0.0443. The molecule has 0 bridgehead atoms. The van der Waals surface area contributed by atoms with E-state index in [1.807, 2.05) is 0 Å². The van der Waals surface area contributed by atoms with Gasteiger partial charge in [0.25, 0.3) is 15.9 Å². The summed E-state index contributed by atoms with van der Waals surface area (Å²) in [7, 11) is -2.55. The maximum Gasteiger partial charge on any atom is 0.264 e. The van der Waals surface area contributed by atoms with E-state index in [0.29, 0.717) is 5.75 Å². The van der Waals surface area contributed by atoms with Crippen molar-refractivity contribution in [1.82, 2.24) is 5.32 Å². The van der Waals surface area contributed by atoms with Crippen molar-refractivity contribution in [3.8, 4) is 5.75 Å². The number of carbonyl (C=O) groups excluding carboxylic acids is 2. The summed E-state index contributed by atoms with van der Waals surface area (Å²) in [5.74, 6) is -0.455. The first kappa shape index (κ1) is 24.5. The van der Waals surface area contributed by atoms with Crippen molar-refractivity contribution in [3.63, 3.8) is 0 Å². The Kier molecular flexibility index (Phi) is 8.05. The number of methoxy groups -OCH3 is 1. The van der Waals surface area contributed by atoms with E-state index < -0.39 is 22.5 Å². The Bertz CT molecular complexity index is 1260. The first-order valence-electron chi connectivity index (χ1n) is 10.4. The monoisotopic (exact) mass is 479 g/mol. The summed E-state index contributed by atoms with van der Waals surface area (Å²) in [5.41, 5.74) is 0.803. The van der Waals surface area contributed by atoms with Crippen LogP contribution >= 0.6 is 0 Å². The summed E-state index contributed by atoms with van der Waals surface area (Å²) >= 11 is 0. The molecule has 0 aromatic heterocycles. The molecule has 3 aromatic rings. The van der Waals surface area contributed by atoms with Crippen LogP contribution in [0.25, 0.3) is 0 Å². The molecule has 34 heavy (non-hydrogen) atoms. The van der Waals surface area contributed by atoms with Gasteiger partial charge in [-0.1, -0.05) is 36.4 Å². The smallest absolute Gasteiger partial charge is 0.264 e. The van der Waals surface area contributed by atoms with Gasteiger partial charge >= 0.3 is 0 Å². The molecule has 0 aliphatic carbocycles. The molecule has 8 nitrogen and oxygen atoms in total. The summed E-state index contributed by atoms with van der Waals surface area (Å²) in [6.07, 6.45) is 1.54. The van der Waals surface area contributed by atoms with E-state index in [1.54, 1.807) is 72.8 Å². The number of amides is 2. The predicted octanol–water partition coefficient (Wildman–Crippen LogP) is 3.45. The highest BCUT2D eigenvalue weighted by Crippen LogP contribution is 2.26. The first-order valence-corrected chi connectivity index (χ1v) is 11.8. The standard InChI is InChI=1S/C25H25N3O5S/c1-3-17-26-25(30)22-11-7-8-12-23(22)27-24(29)18-28(19-13-15-20(33-2)16-14-19)34(31,32)21-9-5-4-6-10-21/h3-16H,1,17-18H2,2H3,(H,26,30)(H,27,29). The summed E-state index contributed by atoms with van der Waals surface area (Å²) in [6.45, 7) is 3.32. The molecule has 3 aromatic carbocycles. The van der Waals surface area contributed by atoms with Crippen molar-refractivity contribution in [2.45, 2.75) is 4.90 Å². The molecule has 0 unspecified atom stereocenters. The molecule has 0 heterocycles. The summed E-state index contributed by atoms with van der Waals surface area (Å²) < 4.78 is 33.0. The van der Waals surface area contributed by atoms with Crippen LogP contribution in [-0.2, 0) is 14.8 Å². The van der Waals surface area contributed by atoms with Crippen LogP contribution in [0.3, 0.4) is 0 Å². The molecule has 0 saturated heterocycles. The topological polar surface area (TPSA) is 105 Å². The van der Waals surface area contributed by atoms with Gasteiger partial charge in [-0.3, -0.25) is 13.9 Å². The van der Waals surface area contributed by atoms with Crippen molar-refractivity contribution in [1.29, 1.82) is 0 Å². The van der Waals surface area contributed by atoms with E-state index in [1.165, 1.54) is 19.2 Å². The number of carbonyl (C=O) groups is 2. The van der Waals surface area contributed by atoms with Gasteiger partial charge in [-0.2, -0.15) is 0 Å². The lowest BCUT2D eigenvalue weighted by Gasteiger charge is -2.24. The van der Waals surface area contributed by atoms with Crippen molar-refractivity contribution in [2.24, 2.45) is 0 Å². The number of benzene rings is 3. The molecule has 0 aliphatic rings. The third kappa shape index (κ3) is 5.81. The number of rotatable bonds is 10. The number of hydrogen-bond acceptors (Lipinski definition) is 5. The van der Waals surface area contributed by atoms with Gasteiger partial charge in [-0.15, -0.1) is 6.58 Å². The number of anilines is 2. The number of nitrogens with one attached hydrogen (secondary N) is 2. The highest BCUT2D eigenvalue weighted by Gasteiger charge is 2.27. The minimum atomic E-state index is -4.06. The van der Waals surface area contributed by atoms with Gasteiger partial charge in [-0.05, 0) is 48.5 Å². The molecule has 0 aliphatic heterocycles. The van der Waals surface area contributed by atoms with Crippen LogP contribution in [0.4, 0.5) is 11.4 Å². The van der Waals surface area contributed by atoms with Crippen LogP contribution < -0.4 is 19.7 Å². The Morgan fingerprint density at radius 1 is 0.971 bits per heavy atom. The maximum atomic E-state index is 13.4. The summed E-state index contributed by atoms with van der Waals surface area (Å²) in [6, 6.07) is 20.7. The van der Waals surface area contributed by atoms with Crippen LogP contribution in [0.5, 0.6) is 5.75 Å². The Labute approximate surface area is 198 Å². The zero-order valence-electron chi connectivity index (χ0n) is 18.6. The molecule has 9 heteroatoms. The molecule has 2 amide bonds. The van der Waals surface area contributed by atoms with Crippen LogP contribution in [0, 0.1) is 0 Å². The summed E-state index contributed by atoms with van der Waals surface area (Å²) in [5, 5.41) is 5.32. The molecule has 0 spiro atoms. The molecule has 0 saturated carbocycles. The molecule has 3 rings (SSSR count). The van der Waals surface area contributed by atoms with Gasteiger partial charge in [0.2, 0.25) is 5.91 Å². The average Bonchev–Trinajstić information content (AvgIpc) is 2.86. The normalized spacial score (nSPS) is 10.7. The van der Waals surface area contributed by atoms with Crippen LogP contribution in [-0.4, -0.2) is 40.4 Å². The van der Waals surface area contributed by atoms with E-state index in [2.05, 4.69) is 17.2 Å². The van der Waals surface area contributed by atoms with Crippen LogP contribution in [0.15, 0.2) is 96.4 Å². The third-order valence-electron chi connectivity index (χ3n) is 4.83. The van der Waals surface area contributed by atoms with Gasteiger partial charge in [0.05, 0.1) is 28.9 Å². The predicted molar refractivity (Wildman–Crippen MR) is 132 cm³/mol. The Morgan fingerprint density at radius 2 is 1.62 bits per heavy atom. The lowest BCUT2D eigenvalue weighted by Crippen LogP contribution is -2.38. The Balaban J connectivity index is 1.91. The van der Waals surface area contributed by atoms with Gasteiger partial charge in [-0.25, -0.2) is 8.42 Å². The second kappa shape index (κ2) is 11.2. The number of hydrogen-bond donors (Lipinski definition) is 2. The number of sulfonamides is 1. The zero-order valence-corrected chi connectivity index (χ0v) is 19.4. The SMILES string of the molecule is C=CCNC(=O)c1ccccc1NC(=O)CN(c1ccc(OC)cc1)S(=O)(=O)c1ccccc1. The average molecular weight is 480 g/mol. The lowest BCUT2D eigenvalue weighted by molar-refractivity contribution is -0.114. The molecule has 0 fully saturated rings. The molecule has 0 atom stereocenters. The van der Waals surface area contributed by atoms with Gasteiger partial charge in [0.1, 0.15) is 12.3 Å². The number of ether oxygens (including phenoxy) is 1. The Hall–Kier alpha value is -4.11. The third-order valence-corrected chi connectivity index (χ3v) is 6.62. The molecule has 0 radical (unpaired) electrons. The Morgan fingerprint density at radius 3 is 2.26 bits per heavy atom. The largest absolute Gasteiger partial charge is 0.497 e. The maximum absolute atomic E-state index is 13.4. The van der Waals surface area contributed by atoms with E-state index in [0.717, 1.165) is 4.31 Å². The molecular formula is C25H25N3O5S. The summed E-state index contributed by atoms with van der Waals surface area (Å²) in [4.78, 5) is 25.5. The van der Waals surface area contributed by atoms with Gasteiger partial charge in [0.15, 0.2) is 0 Å². The van der Waals surface area contributed by atoms with Gasteiger partial charge in [0, 0.05) is 6.54 Å². The quantitative estimate of drug-likeness (QED) is 0.434. The van der Waals surface area contributed by atoms with E-state index >= 15 is 0 Å². The highest BCUT2D eigenvalue weighted by molar-refractivity contribution is 7.92. The second-order valence-corrected chi connectivity index (χ2v) is 8.98. The minimum Gasteiger partial charge on any atom is -0.497 e. The molecular weight excluding hydrogens is 454 g/mol. The number of para-hydroxylation sites is 1. The molecule has 2 N–H and O–H groups in total. The fourth-order valence-electron chi connectivity index (χ4n) is 3.15. The number of nitrogens with zero attached hydrogens (tertiary/aromatic N) is 1. The van der Waals surface area contributed by atoms with E-state index in [9.17, 15) is 18.0 Å². The van der Waals surface area contributed by atoms with Crippen molar-refractivity contribution >= 4 is 33.2 Å². The fraction of sp³-hybridized carbons (Fsp3) is 0.120. The van der Waals surface area contributed by atoms with E-state index in [-0.39, 0.29) is 34.3 Å². The van der Waals surface area contributed by atoms with Crippen molar-refractivity contribution < 1.29 is 22.7 Å². The van der Waals surface area contributed by atoms with Crippen molar-refractivity contribution in [2.75, 3.05) is 29.8 Å². The van der Waals surface area contributed by atoms with Crippen LogP contribution in [0.1, 0.15) is 10.4 Å². The molecule has 176 valence electrons. The first-order chi connectivity index (χ1) is 16.4. The second-order valence-electron chi connectivity index (χ2n) is 7.12. The van der Waals surface area contributed by atoms with Gasteiger partial charge < -0.3 is 15.4 Å². The zero-order chi connectivity index (χ0) is 24.6. The van der Waals surface area contributed by atoms with Crippen LogP contribution in [0.2, 0.25) is 0 Å². The fourth-order valence-corrected chi connectivity index (χ4v) is 4.60. The van der Waals surface area contributed by atoms with E-state index in [4.69, 9.17) is 4.74 Å². The lowest BCUT2D eigenvalue weighted by atomic mass is 10.1. The highest BCUT2D eigenvalue weighted by atomic mass is 32.2.